The summed E-state index contributed by atoms with van der Waals surface area (Å²) in [6, 6.07) is 12.0. The summed E-state index contributed by atoms with van der Waals surface area (Å²) in [5.41, 5.74) is 5.88. The van der Waals surface area contributed by atoms with Gasteiger partial charge in [0.15, 0.2) is 0 Å². The summed E-state index contributed by atoms with van der Waals surface area (Å²) in [5.74, 6) is 0.933. The number of carbonyl (C=O) groups is 1. The van der Waals surface area contributed by atoms with Gasteiger partial charge in [0.1, 0.15) is 12.4 Å². The Morgan fingerprint density at radius 1 is 0.947 bits per heavy atom. The lowest BCUT2D eigenvalue weighted by molar-refractivity contribution is 0.0504. The van der Waals surface area contributed by atoms with Crippen molar-refractivity contribution in [3.05, 3.63) is 82.9 Å². The maximum absolute atomic E-state index is 14.7. The number of amides is 1. The standard InChI is InChI=1S/C45H59N7O4S/c1-30-13-11-16-33(23-32-14-9-8-10-15-32)39(30)40-31(2)41-49-43(48-40)50-57(54,55)37-18-12-17-34(24-37)42(53)52(35(29-56-41)25-44(3,4)5)28-38-46-26-36(27-47-38)51-21-19-45(6,7)20-22-51/h11-13,16-18,24,26-27,32,35H,8-10,14-15,19-23,25,28-29H2,1-7H3,(H,48,49,50)/t35-/m1/s1. The summed E-state index contributed by atoms with van der Waals surface area (Å²) >= 11 is 0. The van der Waals surface area contributed by atoms with Crippen molar-refractivity contribution in [2.24, 2.45) is 16.7 Å². The van der Waals surface area contributed by atoms with Crippen LogP contribution in [0.25, 0.3) is 11.3 Å². The fourth-order valence-electron chi connectivity index (χ4n) is 8.63. The lowest BCUT2D eigenvalue weighted by Gasteiger charge is -2.38. The fourth-order valence-corrected chi connectivity index (χ4v) is 9.62. The fraction of sp³-hybridized carbons (Fsp3) is 0.533. The number of aromatic nitrogens is 4. The van der Waals surface area contributed by atoms with Crippen LogP contribution in [0.5, 0.6) is 5.88 Å². The number of aryl methyl sites for hydroxylation is 1. The highest BCUT2D eigenvalue weighted by molar-refractivity contribution is 7.92. The van der Waals surface area contributed by atoms with Gasteiger partial charge in [-0.25, -0.2) is 28.1 Å². The third kappa shape index (κ3) is 9.59. The van der Waals surface area contributed by atoms with Gasteiger partial charge < -0.3 is 14.5 Å². The first-order valence-electron chi connectivity index (χ1n) is 20.7. The van der Waals surface area contributed by atoms with Crippen LogP contribution < -0.4 is 14.4 Å². The Balaban J connectivity index is 1.29. The van der Waals surface area contributed by atoms with Crippen LogP contribution >= 0.6 is 0 Å². The van der Waals surface area contributed by atoms with Crippen LogP contribution in [0.4, 0.5) is 11.6 Å². The number of sulfonamides is 1. The third-order valence-corrected chi connectivity index (χ3v) is 13.3. The molecule has 2 aliphatic heterocycles. The van der Waals surface area contributed by atoms with Gasteiger partial charge in [0, 0.05) is 29.8 Å². The maximum atomic E-state index is 14.7. The minimum atomic E-state index is -4.21. The normalized spacial score (nSPS) is 20.1. The molecular formula is C45H59N7O4S. The topological polar surface area (TPSA) is 131 Å². The molecule has 304 valence electrons. The lowest BCUT2D eigenvalue weighted by atomic mass is 9.82. The predicted octanol–water partition coefficient (Wildman–Crippen LogP) is 8.94. The minimum absolute atomic E-state index is 0.0627. The number of nitrogens with zero attached hydrogens (tertiary/aromatic N) is 6. The van der Waals surface area contributed by atoms with E-state index in [1.807, 2.05) is 19.3 Å². The monoisotopic (exact) mass is 793 g/mol. The zero-order chi connectivity index (χ0) is 40.5. The molecule has 0 spiro atoms. The number of rotatable bonds is 7. The first kappa shape index (κ1) is 40.6. The van der Waals surface area contributed by atoms with Gasteiger partial charge in [-0.2, -0.15) is 4.98 Å². The Labute approximate surface area is 339 Å². The van der Waals surface area contributed by atoms with Crippen LogP contribution in [-0.2, 0) is 23.0 Å². The quantitative estimate of drug-likeness (QED) is 0.195. The summed E-state index contributed by atoms with van der Waals surface area (Å²) < 4.78 is 37.4. The Hall–Kier alpha value is -4.58. The first-order chi connectivity index (χ1) is 27.0. The Bertz CT molecular complexity index is 2180. The summed E-state index contributed by atoms with van der Waals surface area (Å²) in [6.45, 7) is 17.1. The van der Waals surface area contributed by atoms with E-state index in [4.69, 9.17) is 24.7 Å². The summed E-state index contributed by atoms with van der Waals surface area (Å²) in [6.07, 6.45) is 13.6. The van der Waals surface area contributed by atoms with E-state index in [1.165, 1.54) is 49.8 Å². The van der Waals surface area contributed by atoms with Crippen molar-refractivity contribution < 1.29 is 17.9 Å². The van der Waals surface area contributed by atoms with Crippen molar-refractivity contribution in [1.82, 2.24) is 24.8 Å². The van der Waals surface area contributed by atoms with E-state index in [0.717, 1.165) is 49.2 Å². The van der Waals surface area contributed by atoms with Crippen LogP contribution in [0.1, 0.15) is 119 Å². The number of anilines is 2. The van der Waals surface area contributed by atoms with Gasteiger partial charge in [0.25, 0.3) is 15.9 Å². The highest BCUT2D eigenvalue weighted by Gasteiger charge is 2.33. The van der Waals surface area contributed by atoms with E-state index < -0.39 is 16.1 Å². The van der Waals surface area contributed by atoms with Gasteiger partial charge in [-0.15, -0.1) is 0 Å². The second-order valence-electron chi connectivity index (χ2n) is 18.4. The molecule has 1 aliphatic carbocycles. The molecule has 2 aromatic heterocycles. The number of hydrogen-bond acceptors (Lipinski definition) is 9. The predicted molar refractivity (Wildman–Crippen MR) is 225 cm³/mol. The van der Waals surface area contributed by atoms with E-state index in [1.54, 1.807) is 17.0 Å². The van der Waals surface area contributed by atoms with E-state index >= 15 is 0 Å². The Morgan fingerprint density at radius 2 is 1.65 bits per heavy atom. The number of piperidine rings is 1. The van der Waals surface area contributed by atoms with E-state index in [2.05, 4.69) is 69.4 Å². The van der Waals surface area contributed by atoms with Gasteiger partial charge in [-0.1, -0.05) is 91.0 Å². The van der Waals surface area contributed by atoms with Crippen molar-refractivity contribution in [1.29, 1.82) is 0 Å². The SMILES string of the molecule is Cc1cccc(CC2CCCCC2)c1-c1nc2nc(c1C)OC[C@@H](CC(C)(C)C)N(Cc1ncc(N3CCC(C)(C)CC3)cn1)C(=O)c1cccc(c1)S(=O)(=O)N2. The van der Waals surface area contributed by atoms with Crippen LogP contribution in [0.15, 0.2) is 59.8 Å². The maximum Gasteiger partial charge on any atom is 0.264 e. The molecule has 1 N–H and O–H groups in total. The average Bonchev–Trinajstić information content (AvgIpc) is 3.17. The highest BCUT2D eigenvalue weighted by atomic mass is 32.2. The van der Waals surface area contributed by atoms with Gasteiger partial charge in [-0.3, -0.25) is 4.79 Å². The zero-order valence-corrected chi connectivity index (χ0v) is 35.6. The number of hydrogen-bond donors (Lipinski definition) is 1. The van der Waals surface area contributed by atoms with Crippen molar-refractivity contribution in [3.8, 4) is 17.1 Å². The second-order valence-corrected chi connectivity index (χ2v) is 20.1. The molecule has 12 heteroatoms. The Kier molecular flexibility index (Phi) is 11.6. The highest BCUT2D eigenvalue weighted by Crippen LogP contribution is 2.38. The van der Waals surface area contributed by atoms with E-state index in [-0.39, 0.29) is 46.8 Å². The largest absolute Gasteiger partial charge is 0.475 e. The number of carbonyl (C=O) groups excluding carboxylic acids is 1. The van der Waals surface area contributed by atoms with Gasteiger partial charge in [0.2, 0.25) is 11.8 Å². The second kappa shape index (κ2) is 16.3. The molecule has 3 aliphatic rings. The van der Waals surface area contributed by atoms with E-state index in [9.17, 15) is 13.2 Å². The molecule has 1 saturated heterocycles. The molecule has 2 aromatic carbocycles. The molecule has 4 heterocycles. The van der Waals surface area contributed by atoms with Crippen molar-refractivity contribution in [3.63, 3.8) is 0 Å². The zero-order valence-electron chi connectivity index (χ0n) is 34.8. The molecule has 0 radical (unpaired) electrons. The van der Waals surface area contributed by atoms with E-state index in [0.29, 0.717) is 34.8 Å². The molecule has 4 bridgehead atoms. The molecule has 57 heavy (non-hydrogen) atoms. The van der Waals surface area contributed by atoms with Gasteiger partial charge >= 0.3 is 0 Å². The number of benzene rings is 2. The smallest absolute Gasteiger partial charge is 0.264 e. The summed E-state index contributed by atoms with van der Waals surface area (Å²) in [4.78, 5) is 37.8. The molecule has 1 saturated carbocycles. The molecule has 1 atom stereocenters. The molecule has 2 fully saturated rings. The lowest BCUT2D eigenvalue weighted by Crippen LogP contribution is -2.45. The van der Waals surface area contributed by atoms with Crippen molar-refractivity contribution in [2.45, 2.75) is 124 Å². The van der Waals surface area contributed by atoms with Crippen molar-refractivity contribution >= 4 is 27.6 Å². The third-order valence-electron chi connectivity index (χ3n) is 12.0. The number of fused-ring (bicyclic) bond motifs is 4. The van der Waals surface area contributed by atoms with Crippen LogP contribution in [0.2, 0.25) is 0 Å². The van der Waals surface area contributed by atoms with Crippen molar-refractivity contribution in [2.75, 3.05) is 29.3 Å². The van der Waals surface area contributed by atoms with Crippen LogP contribution in [0.3, 0.4) is 0 Å². The summed E-state index contributed by atoms with van der Waals surface area (Å²) in [7, 11) is -4.21. The average molecular weight is 794 g/mol. The first-order valence-corrected chi connectivity index (χ1v) is 22.1. The number of nitrogens with one attached hydrogen (secondary N) is 1. The summed E-state index contributed by atoms with van der Waals surface area (Å²) in [5, 5.41) is 0. The molecule has 4 aromatic rings. The van der Waals surface area contributed by atoms with Crippen LogP contribution in [0, 0.1) is 30.6 Å². The Morgan fingerprint density at radius 3 is 2.35 bits per heavy atom. The molecule has 11 nitrogen and oxygen atoms in total. The minimum Gasteiger partial charge on any atom is -0.475 e. The molecule has 7 rings (SSSR count). The molecular weight excluding hydrogens is 735 g/mol. The van der Waals surface area contributed by atoms with Crippen LogP contribution in [-0.4, -0.2) is 64.9 Å². The molecule has 0 unspecified atom stereocenters. The van der Waals surface area contributed by atoms with Gasteiger partial charge in [0.05, 0.1) is 41.3 Å². The van der Waals surface area contributed by atoms with Gasteiger partial charge in [-0.05, 0) is 85.6 Å². The molecule has 1 amide bonds. The number of ether oxygens (including phenoxy) is 1.